The van der Waals surface area contributed by atoms with Crippen LogP contribution in [-0.4, -0.2) is 51.6 Å². The first-order valence-corrected chi connectivity index (χ1v) is 7.56. The molecule has 2 amide bonds. The summed E-state index contributed by atoms with van der Waals surface area (Å²) in [5.41, 5.74) is 4.26. The Morgan fingerprint density at radius 1 is 1.50 bits per heavy atom. The summed E-state index contributed by atoms with van der Waals surface area (Å²) in [4.78, 5) is 29.8. The molecule has 0 saturated carbocycles. The van der Waals surface area contributed by atoms with Gasteiger partial charge in [0.2, 0.25) is 5.91 Å². The molecule has 7 heteroatoms. The first-order chi connectivity index (χ1) is 10.3. The largest absolute Gasteiger partial charge is 0.367 e. The highest BCUT2D eigenvalue weighted by atomic mass is 16.5. The van der Waals surface area contributed by atoms with Gasteiger partial charge in [-0.2, -0.15) is 0 Å². The zero-order valence-corrected chi connectivity index (χ0v) is 13.4. The van der Waals surface area contributed by atoms with Gasteiger partial charge in [0.15, 0.2) is 5.60 Å². The molecule has 1 saturated heterocycles. The summed E-state index contributed by atoms with van der Waals surface area (Å²) >= 11 is 0. The number of nitrogens with two attached hydrogens (primary N) is 1. The maximum atomic E-state index is 12.4. The van der Waals surface area contributed by atoms with Crippen molar-refractivity contribution in [2.24, 2.45) is 5.73 Å². The van der Waals surface area contributed by atoms with E-state index in [2.05, 4.69) is 18.8 Å². The molecule has 2 N–H and O–H groups in total. The van der Waals surface area contributed by atoms with Gasteiger partial charge in [-0.05, 0) is 6.92 Å². The van der Waals surface area contributed by atoms with Gasteiger partial charge in [-0.1, -0.05) is 13.8 Å². The van der Waals surface area contributed by atoms with Crippen LogP contribution in [0.1, 0.15) is 38.9 Å². The Hall–Kier alpha value is -1.89. The van der Waals surface area contributed by atoms with Crippen LogP contribution in [0.4, 0.5) is 0 Å². The molecule has 122 valence electrons. The second-order valence-electron chi connectivity index (χ2n) is 6.14. The molecule has 2 rings (SSSR count). The van der Waals surface area contributed by atoms with Gasteiger partial charge in [-0.3, -0.25) is 9.59 Å². The Bertz CT molecular complexity index is 555. The minimum atomic E-state index is -1.09. The van der Waals surface area contributed by atoms with Crippen molar-refractivity contribution in [1.82, 2.24) is 14.5 Å². The molecule has 1 fully saturated rings. The van der Waals surface area contributed by atoms with Gasteiger partial charge in [0.1, 0.15) is 5.82 Å². The Morgan fingerprint density at radius 2 is 2.23 bits per heavy atom. The quantitative estimate of drug-likeness (QED) is 0.857. The fourth-order valence-electron chi connectivity index (χ4n) is 2.62. The third kappa shape index (κ3) is 3.47. The van der Waals surface area contributed by atoms with Crippen molar-refractivity contribution in [3.05, 3.63) is 18.2 Å². The van der Waals surface area contributed by atoms with Crippen LogP contribution in [0.15, 0.2) is 12.4 Å². The van der Waals surface area contributed by atoms with Crippen LogP contribution in [0.25, 0.3) is 0 Å². The molecule has 1 atom stereocenters. The van der Waals surface area contributed by atoms with Gasteiger partial charge in [0.05, 0.1) is 13.2 Å². The van der Waals surface area contributed by atoms with E-state index >= 15 is 0 Å². The van der Waals surface area contributed by atoms with Gasteiger partial charge >= 0.3 is 0 Å². The SMILES string of the molecule is CC(C)c1nccn1CCC(=O)N1CCO[C@](C)(C(N)=O)C1. The molecule has 7 nitrogen and oxygen atoms in total. The van der Waals surface area contributed by atoms with E-state index in [0.29, 0.717) is 32.0 Å². The number of primary amides is 1. The molecule has 0 aromatic carbocycles. The zero-order chi connectivity index (χ0) is 16.3. The van der Waals surface area contributed by atoms with Gasteiger partial charge < -0.3 is 19.9 Å². The van der Waals surface area contributed by atoms with Crippen molar-refractivity contribution < 1.29 is 14.3 Å². The van der Waals surface area contributed by atoms with Crippen molar-refractivity contribution in [2.75, 3.05) is 19.7 Å². The second-order valence-corrected chi connectivity index (χ2v) is 6.14. The first kappa shape index (κ1) is 16.5. The minimum Gasteiger partial charge on any atom is -0.367 e. The van der Waals surface area contributed by atoms with Gasteiger partial charge in [-0.15, -0.1) is 0 Å². The number of hydrogen-bond donors (Lipinski definition) is 1. The average Bonchev–Trinajstić information content (AvgIpc) is 2.93. The fourth-order valence-corrected chi connectivity index (χ4v) is 2.62. The first-order valence-electron chi connectivity index (χ1n) is 7.56. The zero-order valence-electron chi connectivity index (χ0n) is 13.4. The molecule has 0 aliphatic carbocycles. The van der Waals surface area contributed by atoms with Crippen molar-refractivity contribution in [1.29, 1.82) is 0 Å². The van der Waals surface area contributed by atoms with E-state index in [-0.39, 0.29) is 12.5 Å². The molecule has 1 aliphatic heterocycles. The van der Waals surface area contributed by atoms with E-state index in [1.54, 1.807) is 18.0 Å². The molecule has 22 heavy (non-hydrogen) atoms. The maximum absolute atomic E-state index is 12.4. The highest BCUT2D eigenvalue weighted by molar-refractivity contribution is 5.85. The summed E-state index contributed by atoms with van der Waals surface area (Å²) < 4.78 is 7.42. The standard InChI is InChI=1S/C15H24N4O3/c1-11(2)13-17-5-7-18(13)6-4-12(20)19-8-9-22-15(3,10-19)14(16)21/h5,7,11H,4,6,8-10H2,1-3H3,(H2,16,21)/t15-/m0/s1. The van der Waals surface area contributed by atoms with Crippen LogP contribution in [0.5, 0.6) is 0 Å². The average molecular weight is 308 g/mol. The lowest BCUT2D eigenvalue weighted by Gasteiger charge is -2.38. The van der Waals surface area contributed by atoms with E-state index < -0.39 is 11.5 Å². The molecule has 0 spiro atoms. The van der Waals surface area contributed by atoms with Crippen molar-refractivity contribution in [3.63, 3.8) is 0 Å². The summed E-state index contributed by atoms with van der Waals surface area (Å²) in [5.74, 6) is 0.740. The number of ether oxygens (including phenoxy) is 1. The lowest BCUT2D eigenvalue weighted by Crippen LogP contribution is -2.58. The molecule has 2 heterocycles. The fraction of sp³-hybridized carbons (Fsp3) is 0.667. The van der Waals surface area contributed by atoms with E-state index in [1.165, 1.54) is 0 Å². The molecule has 0 radical (unpaired) electrons. The van der Waals surface area contributed by atoms with Crippen molar-refractivity contribution in [2.45, 2.75) is 45.3 Å². The summed E-state index contributed by atoms with van der Waals surface area (Å²) in [5, 5.41) is 0. The number of morpholine rings is 1. The summed E-state index contributed by atoms with van der Waals surface area (Å²) in [7, 11) is 0. The predicted molar refractivity (Wildman–Crippen MR) is 81.1 cm³/mol. The Kier molecular flexibility index (Phi) is 4.85. The van der Waals surface area contributed by atoms with Crippen molar-refractivity contribution >= 4 is 11.8 Å². The predicted octanol–water partition coefficient (Wildman–Crippen LogP) is 0.499. The van der Waals surface area contributed by atoms with E-state index in [1.807, 2.05) is 10.8 Å². The molecular formula is C15H24N4O3. The van der Waals surface area contributed by atoms with Crippen LogP contribution in [0.2, 0.25) is 0 Å². The number of rotatable bonds is 5. The van der Waals surface area contributed by atoms with Gasteiger partial charge in [-0.25, -0.2) is 4.98 Å². The van der Waals surface area contributed by atoms with E-state index in [0.717, 1.165) is 5.82 Å². The molecule has 0 unspecified atom stereocenters. The summed E-state index contributed by atoms with van der Waals surface area (Å²) in [6.45, 7) is 7.37. The molecular weight excluding hydrogens is 284 g/mol. The Morgan fingerprint density at radius 3 is 2.86 bits per heavy atom. The van der Waals surface area contributed by atoms with Crippen LogP contribution in [0, 0.1) is 0 Å². The number of aryl methyl sites for hydroxylation is 1. The van der Waals surface area contributed by atoms with Crippen LogP contribution >= 0.6 is 0 Å². The Balaban J connectivity index is 1.95. The smallest absolute Gasteiger partial charge is 0.251 e. The number of carbonyl (C=O) groups excluding carboxylic acids is 2. The maximum Gasteiger partial charge on any atom is 0.251 e. The minimum absolute atomic E-state index is 0.000758. The molecule has 1 aromatic rings. The van der Waals surface area contributed by atoms with E-state index in [9.17, 15) is 9.59 Å². The highest BCUT2D eigenvalue weighted by Crippen LogP contribution is 2.18. The summed E-state index contributed by atoms with van der Waals surface area (Å²) in [6, 6.07) is 0. The van der Waals surface area contributed by atoms with Crippen LogP contribution in [-0.2, 0) is 20.9 Å². The third-order valence-corrected chi connectivity index (χ3v) is 3.98. The Labute approximate surface area is 130 Å². The van der Waals surface area contributed by atoms with Crippen LogP contribution < -0.4 is 5.73 Å². The lowest BCUT2D eigenvalue weighted by atomic mass is 10.0. The number of amides is 2. The number of imidazole rings is 1. The molecule has 1 aliphatic rings. The van der Waals surface area contributed by atoms with Gasteiger partial charge in [0.25, 0.3) is 5.91 Å². The third-order valence-electron chi connectivity index (χ3n) is 3.98. The topological polar surface area (TPSA) is 90.4 Å². The van der Waals surface area contributed by atoms with Crippen LogP contribution in [0.3, 0.4) is 0 Å². The van der Waals surface area contributed by atoms with Crippen molar-refractivity contribution in [3.8, 4) is 0 Å². The normalized spacial score (nSPS) is 22.1. The highest BCUT2D eigenvalue weighted by Gasteiger charge is 2.39. The monoisotopic (exact) mass is 308 g/mol. The number of carbonyl (C=O) groups is 2. The van der Waals surface area contributed by atoms with E-state index in [4.69, 9.17) is 10.5 Å². The molecule has 1 aromatic heterocycles. The number of hydrogen-bond acceptors (Lipinski definition) is 4. The number of aromatic nitrogens is 2. The second kappa shape index (κ2) is 6.48. The number of nitrogens with zero attached hydrogens (tertiary/aromatic N) is 3. The van der Waals surface area contributed by atoms with Gasteiger partial charge in [0, 0.05) is 37.8 Å². The lowest BCUT2D eigenvalue weighted by molar-refractivity contribution is -0.160. The summed E-state index contributed by atoms with van der Waals surface area (Å²) in [6.07, 6.45) is 4.00. The molecule has 0 bridgehead atoms.